The Hall–Kier alpha value is -1.70. The summed E-state index contributed by atoms with van der Waals surface area (Å²) < 4.78 is 25.6. The van der Waals surface area contributed by atoms with Crippen molar-refractivity contribution in [1.29, 1.82) is 0 Å². The molecule has 0 heterocycles. The van der Waals surface area contributed by atoms with Crippen molar-refractivity contribution in [1.82, 2.24) is 4.31 Å². The van der Waals surface area contributed by atoms with Crippen LogP contribution in [0.1, 0.15) is 11.1 Å². The Morgan fingerprint density at radius 1 is 1.45 bits per heavy atom. The number of hydrogen-bond donors (Lipinski definition) is 1. The van der Waals surface area contributed by atoms with E-state index in [9.17, 15) is 18.3 Å². The topological polar surface area (TPSA) is 97.7 Å². The van der Waals surface area contributed by atoms with Gasteiger partial charge in [0.25, 0.3) is 0 Å². The molecule has 1 aromatic rings. The van der Waals surface area contributed by atoms with Gasteiger partial charge in [-0.15, -0.1) is 0 Å². The number of carboxylic acid groups (broad SMARTS) is 1. The van der Waals surface area contributed by atoms with Crippen LogP contribution < -0.4 is 5.11 Å². The highest BCUT2D eigenvalue weighted by Crippen LogP contribution is 2.21. The van der Waals surface area contributed by atoms with Crippen LogP contribution in [0.4, 0.5) is 0 Å². The molecule has 1 rings (SSSR count). The molecule has 0 aliphatic carbocycles. The standard InChI is InChI=1S/C13H17NO5S/c1-10-3-4-11(5-6-13(16)17)9-12(10)20(18,19)14(2)7-8-15/h3-6,9,15H,7-8H2,1-2H3,(H,16,17)/p-1. The van der Waals surface area contributed by atoms with E-state index < -0.39 is 16.0 Å². The lowest BCUT2D eigenvalue weighted by atomic mass is 10.1. The number of sulfonamides is 1. The van der Waals surface area contributed by atoms with E-state index in [0.717, 1.165) is 10.4 Å². The van der Waals surface area contributed by atoms with Gasteiger partial charge in [-0.2, -0.15) is 4.31 Å². The minimum absolute atomic E-state index is 0.0130. The highest BCUT2D eigenvalue weighted by atomic mass is 32.2. The van der Waals surface area contributed by atoms with Crippen LogP contribution in [-0.2, 0) is 14.8 Å². The van der Waals surface area contributed by atoms with E-state index in [0.29, 0.717) is 11.1 Å². The third kappa shape index (κ3) is 3.89. The van der Waals surface area contributed by atoms with Crippen LogP contribution in [0, 0.1) is 6.92 Å². The van der Waals surface area contributed by atoms with E-state index in [1.807, 2.05) is 0 Å². The van der Waals surface area contributed by atoms with Crippen molar-refractivity contribution in [3.8, 4) is 0 Å². The number of aliphatic hydroxyl groups excluding tert-OH is 1. The Balaban J connectivity index is 3.24. The molecule has 0 spiro atoms. The van der Waals surface area contributed by atoms with E-state index >= 15 is 0 Å². The molecular weight excluding hydrogens is 282 g/mol. The van der Waals surface area contributed by atoms with E-state index in [-0.39, 0.29) is 18.0 Å². The maximum atomic E-state index is 12.3. The minimum Gasteiger partial charge on any atom is -0.545 e. The first kappa shape index (κ1) is 16.4. The number of benzene rings is 1. The first-order valence-corrected chi connectivity index (χ1v) is 7.30. The van der Waals surface area contributed by atoms with Gasteiger partial charge in [0.1, 0.15) is 0 Å². The Morgan fingerprint density at radius 3 is 2.65 bits per heavy atom. The third-order valence-electron chi connectivity index (χ3n) is 2.73. The average molecular weight is 298 g/mol. The van der Waals surface area contributed by atoms with Gasteiger partial charge in [-0.3, -0.25) is 0 Å². The molecule has 0 aromatic heterocycles. The van der Waals surface area contributed by atoms with E-state index in [1.54, 1.807) is 19.1 Å². The molecule has 110 valence electrons. The van der Waals surface area contributed by atoms with Crippen LogP contribution in [0.15, 0.2) is 29.2 Å². The Bertz CT molecular complexity index is 622. The average Bonchev–Trinajstić information content (AvgIpc) is 2.37. The zero-order valence-electron chi connectivity index (χ0n) is 11.2. The smallest absolute Gasteiger partial charge is 0.243 e. The number of nitrogens with zero attached hydrogens (tertiary/aromatic N) is 1. The molecule has 0 fully saturated rings. The van der Waals surface area contributed by atoms with Crippen molar-refractivity contribution >= 4 is 22.1 Å². The first-order chi connectivity index (χ1) is 9.28. The molecule has 20 heavy (non-hydrogen) atoms. The number of likely N-dealkylation sites (N-methyl/N-ethyl adjacent to an activating group) is 1. The molecule has 0 amide bonds. The van der Waals surface area contributed by atoms with Crippen molar-refractivity contribution in [2.45, 2.75) is 11.8 Å². The maximum absolute atomic E-state index is 12.3. The molecule has 0 unspecified atom stereocenters. The molecule has 6 nitrogen and oxygen atoms in total. The number of rotatable bonds is 6. The van der Waals surface area contributed by atoms with Crippen molar-refractivity contribution in [3.05, 3.63) is 35.4 Å². The van der Waals surface area contributed by atoms with Gasteiger partial charge in [-0.1, -0.05) is 18.2 Å². The summed E-state index contributed by atoms with van der Waals surface area (Å²) in [5.41, 5.74) is 0.983. The third-order valence-corrected chi connectivity index (χ3v) is 4.73. The molecule has 1 N–H and O–H groups in total. The lowest BCUT2D eigenvalue weighted by Crippen LogP contribution is -2.30. The normalized spacial score (nSPS) is 12.2. The fourth-order valence-electron chi connectivity index (χ4n) is 1.59. The zero-order valence-corrected chi connectivity index (χ0v) is 12.1. The van der Waals surface area contributed by atoms with Gasteiger partial charge in [0, 0.05) is 13.6 Å². The lowest BCUT2D eigenvalue weighted by molar-refractivity contribution is -0.297. The number of aryl methyl sites for hydroxylation is 1. The Morgan fingerprint density at radius 2 is 2.10 bits per heavy atom. The van der Waals surface area contributed by atoms with Crippen molar-refractivity contribution in [2.24, 2.45) is 0 Å². The highest BCUT2D eigenvalue weighted by molar-refractivity contribution is 7.89. The van der Waals surface area contributed by atoms with Gasteiger partial charge >= 0.3 is 0 Å². The number of aliphatic carboxylic acids is 1. The van der Waals surface area contributed by atoms with Crippen LogP contribution in [0.5, 0.6) is 0 Å². The molecule has 0 aliphatic rings. The molecular formula is C13H16NO5S-. The fourth-order valence-corrected chi connectivity index (χ4v) is 3.01. The Kier molecular flexibility index (Phi) is 5.43. The number of hydrogen-bond acceptors (Lipinski definition) is 5. The lowest BCUT2D eigenvalue weighted by Gasteiger charge is -2.17. The monoisotopic (exact) mass is 298 g/mol. The fraction of sp³-hybridized carbons (Fsp3) is 0.308. The quantitative estimate of drug-likeness (QED) is 0.705. The van der Waals surface area contributed by atoms with Gasteiger partial charge < -0.3 is 15.0 Å². The second kappa shape index (κ2) is 6.65. The highest BCUT2D eigenvalue weighted by Gasteiger charge is 2.22. The Labute approximate surface area is 118 Å². The summed E-state index contributed by atoms with van der Waals surface area (Å²) in [6.07, 6.45) is 2.10. The summed E-state index contributed by atoms with van der Waals surface area (Å²) in [5.74, 6) is -1.35. The summed E-state index contributed by atoms with van der Waals surface area (Å²) in [4.78, 5) is 10.4. The summed E-state index contributed by atoms with van der Waals surface area (Å²) in [6, 6.07) is 4.59. The molecule has 1 aromatic carbocycles. The van der Waals surface area contributed by atoms with Crippen LogP contribution in [0.25, 0.3) is 6.08 Å². The van der Waals surface area contributed by atoms with E-state index in [1.165, 1.54) is 19.2 Å². The van der Waals surface area contributed by atoms with Crippen LogP contribution in [0.3, 0.4) is 0 Å². The van der Waals surface area contributed by atoms with Gasteiger partial charge in [0.15, 0.2) is 0 Å². The largest absolute Gasteiger partial charge is 0.545 e. The van der Waals surface area contributed by atoms with Crippen molar-refractivity contribution < 1.29 is 23.4 Å². The predicted octanol–water partition coefficient (Wildman–Crippen LogP) is -0.629. The minimum atomic E-state index is -3.72. The van der Waals surface area contributed by atoms with Crippen molar-refractivity contribution in [2.75, 3.05) is 20.2 Å². The van der Waals surface area contributed by atoms with Crippen LogP contribution in [-0.4, -0.2) is 44.0 Å². The molecule has 0 saturated carbocycles. The van der Waals surface area contributed by atoms with Gasteiger partial charge in [0.2, 0.25) is 10.0 Å². The van der Waals surface area contributed by atoms with Crippen LogP contribution in [0.2, 0.25) is 0 Å². The summed E-state index contributed by atoms with van der Waals surface area (Å²) in [5, 5.41) is 19.2. The maximum Gasteiger partial charge on any atom is 0.243 e. The number of carbonyl (C=O) groups is 1. The summed E-state index contributed by atoms with van der Waals surface area (Å²) in [7, 11) is -2.35. The number of aliphatic hydroxyl groups is 1. The van der Waals surface area contributed by atoms with Gasteiger partial charge in [-0.05, 0) is 30.2 Å². The van der Waals surface area contributed by atoms with Gasteiger partial charge in [0.05, 0.1) is 17.5 Å². The molecule has 0 aliphatic heterocycles. The molecule has 0 bridgehead atoms. The van der Waals surface area contributed by atoms with E-state index in [4.69, 9.17) is 5.11 Å². The first-order valence-electron chi connectivity index (χ1n) is 5.86. The summed E-state index contributed by atoms with van der Waals surface area (Å²) >= 11 is 0. The predicted molar refractivity (Wildman–Crippen MR) is 72.1 cm³/mol. The van der Waals surface area contributed by atoms with Gasteiger partial charge in [-0.25, -0.2) is 8.42 Å². The van der Waals surface area contributed by atoms with Crippen LogP contribution >= 0.6 is 0 Å². The zero-order chi connectivity index (χ0) is 15.3. The molecule has 0 radical (unpaired) electrons. The van der Waals surface area contributed by atoms with E-state index in [2.05, 4.69) is 0 Å². The summed E-state index contributed by atoms with van der Waals surface area (Å²) in [6.45, 7) is 1.35. The SMILES string of the molecule is Cc1ccc(C=CC(=O)[O-])cc1S(=O)(=O)N(C)CCO. The number of carbonyl (C=O) groups excluding carboxylic acids is 1. The molecule has 0 saturated heterocycles. The second-order valence-corrected chi connectivity index (χ2v) is 6.24. The molecule has 0 atom stereocenters. The molecule has 7 heteroatoms. The number of carboxylic acids is 1. The van der Waals surface area contributed by atoms with Crippen molar-refractivity contribution in [3.63, 3.8) is 0 Å². The second-order valence-electron chi connectivity index (χ2n) is 4.23.